The van der Waals surface area contributed by atoms with Gasteiger partial charge in [-0.05, 0) is 25.0 Å². The molecule has 1 saturated carbocycles. The maximum absolute atomic E-state index is 12.5. The second kappa shape index (κ2) is 5.83. The quantitative estimate of drug-likeness (QED) is 0.505. The number of thiol groups is 1. The first-order chi connectivity index (χ1) is 6.64. The molecule has 0 saturated heterocycles. The molecule has 0 aliphatic heterocycles. The van der Waals surface area contributed by atoms with Gasteiger partial charge in [-0.1, -0.05) is 20.8 Å². The van der Waals surface area contributed by atoms with Gasteiger partial charge >= 0.3 is 0 Å². The highest BCUT2D eigenvalue weighted by atomic mass is 32.1. The van der Waals surface area contributed by atoms with Gasteiger partial charge < -0.3 is 5.41 Å². The van der Waals surface area contributed by atoms with Gasteiger partial charge in [0, 0.05) is 17.6 Å². The van der Waals surface area contributed by atoms with Crippen molar-refractivity contribution in [2.75, 3.05) is 0 Å². The van der Waals surface area contributed by atoms with Gasteiger partial charge in [-0.15, -0.1) is 0 Å². The summed E-state index contributed by atoms with van der Waals surface area (Å²) in [6, 6.07) is 0. The van der Waals surface area contributed by atoms with Crippen LogP contribution in [0.2, 0.25) is 0 Å². The largest absolute Gasteiger partial charge is 0.313 e. The van der Waals surface area contributed by atoms with Crippen LogP contribution in [0, 0.1) is 11.3 Å². The molecule has 1 aliphatic rings. The van der Waals surface area contributed by atoms with Gasteiger partial charge in [-0.2, -0.15) is 12.6 Å². The van der Waals surface area contributed by atoms with Gasteiger partial charge in [0.25, 0.3) is 0 Å². The molecule has 0 radical (unpaired) electrons. The molecule has 0 bridgehead atoms. The predicted molar refractivity (Wildman–Crippen MR) is 64.4 cm³/mol. The van der Waals surface area contributed by atoms with Crippen LogP contribution in [0.15, 0.2) is 0 Å². The summed E-state index contributed by atoms with van der Waals surface area (Å²) < 4.78 is 25.3. The van der Waals surface area contributed by atoms with Crippen molar-refractivity contribution < 1.29 is 8.78 Å². The Labute approximate surface area is 96.6 Å². The third-order valence-corrected chi connectivity index (χ3v) is 1.91. The Hall–Kier alpha value is -0.120. The zero-order chi connectivity index (χ0) is 12.1. The lowest BCUT2D eigenvalue weighted by Crippen LogP contribution is -2.26. The molecule has 1 aliphatic carbocycles. The van der Waals surface area contributed by atoms with Crippen molar-refractivity contribution in [1.82, 2.24) is 0 Å². The number of alkyl halides is 2. The summed E-state index contributed by atoms with van der Waals surface area (Å²) in [6.07, 6.45) is 2.37. The van der Waals surface area contributed by atoms with E-state index in [1.165, 1.54) is 0 Å². The van der Waals surface area contributed by atoms with E-state index in [-0.39, 0.29) is 23.5 Å². The van der Waals surface area contributed by atoms with Crippen LogP contribution in [0.5, 0.6) is 0 Å². The lowest BCUT2D eigenvalue weighted by atomic mass is 9.87. The van der Waals surface area contributed by atoms with Crippen LogP contribution in [0.25, 0.3) is 0 Å². The van der Waals surface area contributed by atoms with Gasteiger partial charge in [0.15, 0.2) is 0 Å². The highest BCUT2D eigenvalue weighted by Crippen LogP contribution is 2.35. The first-order valence-corrected chi connectivity index (χ1v) is 5.69. The summed E-state index contributed by atoms with van der Waals surface area (Å²) in [5.74, 6) is -2.68. The Kier molecular flexibility index (Phi) is 5.78. The fraction of sp³-hybridized carbons (Fsp3) is 0.909. The predicted octanol–water partition coefficient (Wildman–Crippen LogP) is 4.18. The molecule has 0 amide bonds. The smallest absolute Gasteiger partial charge is 0.248 e. The van der Waals surface area contributed by atoms with Crippen molar-refractivity contribution in [2.45, 2.75) is 57.1 Å². The van der Waals surface area contributed by atoms with Crippen LogP contribution in [-0.4, -0.2) is 16.9 Å². The van der Waals surface area contributed by atoms with Gasteiger partial charge in [0.2, 0.25) is 5.92 Å². The highest BCUT2D eigenvalue weighted by Gasteiger charge is 2.35. The van der Waals surface area contributed by atoms with Crippen molar-refractivity contribution >= 4 is 18.8 Å². The van der Waals surface area contributed by atoms with E-state index in [1.54, 1.807) is 0 Å². The zero-order valence-corrected chi connectivity index (χ0v) is 10.6. The molecule has 0 aromatic rings. The van der Waals surface area contributed by atoms with Crippen molar-refractivity contribution in [3.63, 3.8) is 0 Å². The number of halogens is 2. The number of hydrogen-bond acceptors (Lipinski definition) is 2. The van der Waals surface area contributed by atoms with Crippen LogP contribution in [-0.2, 0) is 0 Å². The van der Waals surface area contributed by atoms with E-state index in [2.05, 4.69) is 33.4 Å². The van der Waals surface area contributed by atoms with Crippen LogP contribution in [0.1, 0.15) is 46.5 Å². The van der Waals surface area contributed by atoms with E-state index in [9.17, 15) is 8.78 Å². The van der Waals surface area contributed by atoms with Crippen LogP contribution in [0.4, 0.5) is 8.78 Å². The fourth-order valence-electron chi connectivity index (χ4n) is 1.35. The third kappa shape index (κ3) is 10.2. The van der Waals surface area contributed by atoms with E-state index < -0.39 is 5.92 Å². The van der Waals surface area contributed by atoms with Gasteiger partial charge in [-0.25, -0.2) is 8.78 Å². The van der Waals surface area contributed by atoms with E-state index in [0.717, 1.165) is 12.6 Å². The number of hydrogen-bond donors (Lipinski definition) is 2. The van der Waals surface area contributed by atoms with Crippen molar-refractivity contribution in [1.29, 1.82) is 5.41 Å². The van der Waals surface area contributed by atoms with Gasteiger partial charge in [-0.3, -0.25) is 0 Å². The Bertz CT molecular complexity index is 193. The molecule has 0 spiro atoms. The molecule has 1 nitrogen and oxygen atoms in total. The third-order valence-electron chi connectivity index (χ3n) is 1.91. The molecule has 0 heterocycles. The zero-order valence-electron chi connectivity index (χ0n) is 9.69. The molecule has 1 unspecified atom stereocenters. The second-order valence-electron chi connectivity index (χ2n) is 5.05. The summed E-state index contributed by atoms with van der Waals surface area (Å²) in [7, 11) is 0. The van der Waals surface area contributed by atoms with Gasteiger partial charge in [0.05, 0.1) is 0 Å². The van der Waals surface area contributed by atoms with E-state index >= 15 is 0 Å². The first-order valence-electron chi connectivity index (χ1n) is 5.25. The van der Waals surface area contributed by atoms with Crippen LogP contribution >= 0.6 is 12.6 Å². The molecule has 0 aromatic heterocycles. The van der Waals surface area contributed by atoms with E-state index in [4.69, 9.17) is 5.41 Å². The van der Waals surface area contributed by atoms with Crippen molar-refractivity contribution in [2.24, 2.45) is 5.92 Å². The first kappa shape index (κ1) is 14.9. The maximum Gasteiger partial charge on any atom is 0.248 e. The Morgan fingerprint density at radius 3 is 2.13 bits per heavy atom. The minimum Gasteiger partial charge on any atom is -0.313 e. The monoisotopic (exact) mass is 237 g/mol. The fourth-order valence-corrected chi connectivity index (χ4v) is 1.35. The molecule has 90 valence electrons. The molecule has 1 atom stereocenters. The molecule has 4 heteroatoms. The lowest BCUT2D eigenvalue weighted by molar-refractivity contribution is -0.0421. The van der Waals surface area contributed by atoms with Crippen molar-refractivity contribution in [3.8, 4) is 0 Å². The Morgan fingerprint density at radius 1 is 1.40 bits per heavy atom. The number of nitrogens with one attached hydrogen (secondary N) is 1. The average molecular weight is 237 g/mol. The highest BCUT2D eigenvalue weighted by molar-refractivity contribution is 7.81. The lowest BCUT2D eigenvalue weighted by Gasteiger charge is -2.25. The average Bonchev–Trinajstić information content (AvgIpc) is 1.99. The second-order valence-corrected chi connectivity index (χ2v) is 6.39. The molecular weight excluding hydrogens is 216 g/mol. The minimum atomic E-state index is -2.50. The summed E-state index contributed by atoms with van der Waals surface area (Å²) in [5.41, 5.74) is 0. The molecule has 15 heavy (non-hydrogen) atoms. The summed E-state index contributed by atoms with van der Waals surface area (Å²) >= 11 is 4.12. The maximum atomic E-state index is 12.5. The molecule has 1 N–H and O–H groups in total. The minimum absolute atomic E-state index is 0.0112. The molecule has 0 aromatic carbocycles. The summed E-state index contributed by atoms with van der Waals surface area (Å²) in [6.45, 7) is 6.16. The van der Waals surface area contributed by atoms with Gasteiger partial charge in [0.1, 0.15) is 0 Å². The summed E-state index contributed by atoms with van der Waals surface area (Å²) in [5, 5.41) is 6.82. The normalized spacial score (nSPS) is 25.1. The summed E-state index contributed by atoms with van der Waals surface area (Å²) in [4.78, 5) is 0. The Morgan fingerprint density at radius 2 is 1.87 bits per heavy atom. The SMILES string of the molecule is CC(C)(C)S.N=CC1CCCC(F)(F)C1. The topological polar surface area (TPSA) is 23.9 Å². The van der Waals surface area contributed by atoms with E-state index in [1.807, 2.05) is 0 Å². The van der Waals surface area contributed by atoms with Crippen LogP contribution < -0.4 is 0 Å². The van der Waals surface area contributed by atoms with Crippen molar-refractivity contribution in [3.05, 3.63) is 0 Å². The molecular formula is C11H21F2NS. The number of rotatable bonds is 1. The van der Waals surface area contributed by atoms with Crippen LogP contribution in [0.3, 0.4) is 0 Å². The molecule has 1 rings (SSSR count). The standard InChI is InChI=1S/C7H11F2N.C4H10S/c8-7(9)3-1-2-6(4-7)5-10;1-4(2,3)5/h5-6,10H,1-4H2;5H,1-3H3. The Balaban J connectivity index is 0.000000336. The van der Waals surface area contributed by atoms with E-state index in [0.29, 0.717) is 6.42 Å². The molecule has 1 fully saturated rings.